The number of hydrogen-bond donors (Lipinski definition) is 1. The Labute approximate surface area is 107 Å². The number of carbonyl (C=O) groups excluding carboxylic acids is 2. The summed E-state index contributed by atoms with van der Waals surface area (Å²) >= 11 is 0. The number of carbonyl (C=O) groups is 2. The molecule has 1 N–H and O–H groups in total. The molecule has 0 spiro atoms. The Morgan fingerprint density at radius 1 is 1.22 bits per heavy atom. The minimum absolute atomic E-state index is 0.260. The van der Waals surface area contributed by atoms with Crippen LogP contribution in [0.5, 0.6) is 0 Å². The molecule has 0 radical (unpaired) electrons. The van der Waals surface area contributed by atoms with Gasteiger partial charge in [0.05, 0.1) is 7.11 Å². The second kappa shape index (κ2) is 6.79. The number of amides is 1. The summed E-state index contributed by atoms with van der Waals surface area (Å²) in [6.45, 7) is 4.32. The van der Waals surface area contributed by atoms with Gasteiger partial charge in [-0.25, -0.2) is 0 Å². The summed E-state index contributed by atoms with van der Waals surface area (Å²) in [6, 6.07) is 7.64. The molecule has 0 unspecified atom stereocenters. The largest absolute Gasteiger partial charge is 0.469 e. The lowest BCUT2D eigenvalue weighted by Crippen LogP contribution is -2.17. The molecule has 1 rings (SSSR count). The molecule has 0 atom stereocenters. The molecule has 18 heavy (non-hydrogen) atoms. The highest BCUT2D eigenvalue weighted by atomic mass is 16.5. The lowest BCUT2D eigenvalue weighted by atomic mass is 10.0. The zero-order chi connectivity index (χ0) is 13.5. The summed E-state index contributed by atoms with van der Waals surface area (Å²) in [7, 11) is 1.26. The van der Waals surface area contributed by atoms with Crippen LogP contribution in [0.4, 0.5) is 5.69 Å². The van der Waals surface area contributed by atoms with Gasteiger partial charge >= 0.3 is 5.97 Å². The van der Waals surface area contributed by atoms with Gasteiger partial charge in [0.2, 0.25) is 5.91 Å². The van der Waals surface area contributed by atoms with Gasteiger partial charge in [0.25, 0.3) is 0 Å². The maximum absolute atomic E-state index is 11.4. The molecule has 0 saturated heterocycles. The molecule has 1 aromatic carbocycles. The molecule has 4 nitrogen and oxygen atoms in total. The van der Waals surface area contributed by atoms with Crippen LogP contribution in [0.1, 0.15) is 25.8 Å². The van der Waals surface area contributed by atoms with Crippen molar-refractivity contribution in [1.82, 2.24) is 0 Å². The van der Waals surface area contributed by atoms with Crippen LogP contribution in [0, 0.1) is 5.92 Å². The van der Waals surface area contributed by atoms with Crippen LogP contribution in [0.2, 0.25) is 0 Å². The summed E-state index contributed by atoms with van der Waals surface area (Å²) in [5, 5.41) is 2.65. The number of methoxy groups -OCH3 is 1. The standard InChI is InChI=1S/C14H19NO3/c1-10(2)8-11-4-6-12(7-5-11)15-13(16)9-14(17)18-3/h4-7,10H,8-9H2,1-3H3,(H,15,16). The van der Waals surface area contributed by atoms with Gasteiger partial charge in [-0.1, -0.05) is 26.0 Å². The first kappa shape index (κ1) is 14.2. The normalized spacial score (nSPS) is 10.2. The van der Waals surface area contributed by atoms with Gasteiger partial charge in [-0.15, -0.1) is 0 Å². The van der Waals surface area contributed by atoms with Crippen molar-refractivity contribution >= 4 is 17.6 Å². The minimum Gasteiger partial charge on any atom is -0.469 e. The van der Waals surface area contributed by atoms with E-state index < -0.39 is 5.97 Å². The van der Waals surface area contributed by atoms with Gasteiger partial charge in [-0.05, 0) is 30.0 Å². The van der Waals surface area contributed by atoms with E-state index in [1.807, 2.05) is 24.3 Å². The lowest BCUT2D eigenvalue weighted by molar-refractivity contribution is -0.142. The van der Waals surface area contributed by atoms with Gasteiger partial charge in [-0.2, -0.15) is 0 Å². The molecule has 1 aromatic rings. The number of anilines is 1. The summed E-state index contributed by atoms with van der Waals surface area (Å²) in [6.07, 6.45) is 0.751. The number of rotatable bonds is 5. The van der Waals surface area contributed by atoms with E-state index in [9.17, 15) is 9.59 Å². The molecule has 0 fully saturated rings. The molecule has 1 amide bonds. The fourth-order valence-corrected chi connectivity index (χ4v) is 1.60. The van der Waals surface area contributed by atoms with E-state index in [1.54, 1.807) is 0 Å². The van der Waals surface area contributed by atoms with Gasteiger partial charge in [-0.3, -0.25) is 9.59 Å². The van der Waals surface area contributed by atoms with E-state index >= 15 is 0 Å². The van der Waals surface area contributed by atoms with Crippen LogP contribution < -0.4 is 5.32 Å². The Hall–Kier alpha value is -1.84. The second-order valence-corrected chi connectivity index (χ2v) is 4.60. The van der Waals surface area contributed by atoms with E-state index in [4.69, 9.17) is 0 Å². The Morgan fingerprint density at radius 2 is 1.83 bits per heavy atom. The number of benzene rings is 1. The van der Waals surface area contributed by atoms with E-state index in [0.29, 0.717) is 11.6 Å². The molecule has 4 heteroatoms. The maximum Gasteiger partial charge on any atom is 0.315 e. The topological polar surface area (TPSA) is 55.4 Å². The summed E-state index contributed by atoms with van der Waals surface area (Å²) < 4.78 is 4.42. The van der Waals surface area contributed by atoms with Crippen LogP contribution in [0.15, 0.2) is 24.3 Å². The first-order valence-electron chi connectivity index (χ1n) is 5.97. The van der Waals surface area contributed by atoms with Crippen molar-refractivity contribution in [2.75, 3.05) is 12.4 Å². The number of esters is 1. The minimum atomic E-state index is -0.538. The van der Waals surface area contributed by atoms with Crippen molar-refractivity contribution in [3.8, 4) is 0 Å². The number of ether oxygens (including phenoxy) is 1. The Balaban J connectivity index is 2.53. The first-order valence-corrected chi connectivity index (χ1v) is 5.97. The highest BCUT2D eigenvalue weighted by Gasteiger charge is 2.09. The Kier molecular flexibility index (Phi) is 5.36. The van der Waals surface area contributed by atoms with Crippen LogP contribution >= 0.6 is 0 Å². The van der Waals surface area contributed by atoms with Crippen molar-refractivity contribution in [2.24, 2.45) is 5.92 Å². The van der Waals surface area contributed by atoms with Gasteiger partial charge in [0, 0.05) is 5.69 Å². The maximum atomic E-state index is 11.4. The van der Waals surface area contributed by atoms with E-state index in [2.05, 4.69) is 23.9 Å². The van der Waals surface area contributed by atoms with E-state index in [1.165, 1.54) is 12.7 Å². The molecule has 0 aromatic heterocycles. The van der Waals surface area contributed by atoms with E-state index in [-0.39, 0.29) is 12.3 Å². The molecule has 0 aliphatic heterocycles. The van der Waals surface area contributed by atoms with Gasteiger partial charge < -0.3 is 10.1 Å². The third kappa shape index (κ3) is 4.99. The fourth-order valence-electron chi connectivity index (χ4n) is 1.60. The monoisotopic (exact) mass is 249 g/mol. The second-order valence-electron chi connectivity index (χ2n) is 4.60. The van der Waals surface area contributed by atoms with Gasteiger partial charge in [0.1, 0.15) is 6.42 Å². The Bertz CT molecular complexity index is 410. The number of nitrogens with one attached hydrogen (secondary N) is 1. The smallest absolute Gasteiger partial charge is 0.315 e. The van der Waals surface area contributed by atoms with Crippen LogP contribution in [0.25, 0.3) is 0 Å². The predicted molar refractivity (Wildman–Crippen MR) is 70.2 cm³/mol. The zero-order valence-electron chi connectivity index (χ0n) is 11.0. The van der Waals surface area contributed by atoms with E-state index in [0.717, 1.165) is 6.42 Å². The average Bonchev–Trinajstić information content (AvgIpc) is 2.30. The third-order valence-corrected chi connectivity index (χ3v) is 2.41. The third-order valence-electron chi connectivity index (χ3n) is 2.41. The highest BCUT2D eigenvalue weighted by molar-refractivity contribution is 6.01. The van der Waals surface area contributed by atoms with Crippen molar-refractivity contribution in [2.45, 2.75) is 26.7 Å². The zero-order valence-corrected chi connectivity index (χ0v) is 11.0. The van der Waals surface area contributed by atoms with Crippen LogP contribution in [0.3, 0.4) is 0 Å². The predicted octanol–water partition coefficient (Wildman–Crippen LogP) is 2.39. The Morgan fingerprint density at radius 3 is 2.33 bits per heavy atom. The first-order chi connectivity index (χ1) is 8.51. The molecule has 0 aliphatic carbocycles. The molecular weight excluding hydrogens is 230 g/mol. The molecule has 0 saturated carbocycles. The molecule has 0 heterocycles. The van der Waals surface area contributed by atoms with Crippen molar-refractivity contribution in [1.29, 1.82) is 0 Å². The molecular formula is C14H19NO3. The summed E-state index contributed by atoms with van der Waals surface area (Å²) in [4.78, 5) is 22.3. The van der Waals surface area contributed by atoms with Crippen molar-refractivity contribution in [3.05, 3.63) is 29.8 Å². The summed E-state index contributed by atoms with van der Waals surface area (Å²) in [5.41, 5.74) is 1.92. The molecule has 0 bridgehead atoms. The fraction of sp³-hybridized carbons (Fsp3) is 0.429. The van der Waals surface area contributed by atoms with Crippen molar-refractivity contribution in [3.63, 3.8) is 0 Å². The highest BCUT2D eigenvalue weighted by Crippen LogP contribution is 2.13. The summed E-state index contributed by atoms with van der Waals surface area (Å²) in [5.74, 6) is -0.299. The lowest BCUT2D eigenvalue weighted by Gasteiger charge is -2.07. The van der Waals surface area contributed by atoms with Crippen LogP contribution in [-0.4, -0.2) is 19.0 Å². The average molecular weight is 249 g/mol. The van der Waals surface area contributed by atoms with Crippen LogP contribution in [-0.2, 0) is 20.7 Å². The SMILES string of the molecule is COC(=O)CC(=O)Nc1ccc(CC(C)C)cc1. The molecule has 98 valence electrons. The quantitative estimate of drug-likeness (QED) is 0.644. The number of hydrogen-bond acceptors (Lipinski definition) is 3. The van der Waals surface area contributed by atoms with Crippen molar-refractivity contribution < 1.29 is 14.3 Å². The molecule has 0 aliphatic rings. The van der Waals surface area contributed by atoms with Gasteiger partial charge in [0.15, 0.2) is 0 Å².